The Balaban J connectivity index is 1.57. The van der Waals surface area contributed by atoms with Crippen LogP contribution in [0.5, 0.6) is 5.75 Å². The van der Waals surface area contributed by atoms with Crippen LogP contribution in [-0.4, -0.2) is 38.0 Å². The van der Waals surface area contributed by atoms with Crippen LogP contribution in [0.2, 0.25) is 0 Å². The van der Waals surface area contributed by atoms with Crippen LogP contribution in [0.3, 0.4) is 0 Å². The number of benzene rings is 2. The van der Waals surface area contributed by atoms with Crippen LogP contribution in [-0.2, 0) is 19.1 Å². The third-order valence-electron chi connectivity index (χ3n) is 5.18. The van der Waals surface area contributed by atoms with Crippen LogP contribution >= 0.6 is 15.9 Å². The first kappa shape index (κ1) is 21.8. The van der Waals surface area contributed by atoms with E-state index in [1.165, 1.54) is 12.0 Å². The van der Waals surface area contributed by atoms with Crippen molar-refractivity contribution >= 4 is 45.1 Å². The molecule has 0 aliphatic carbocycles. The second kappa shape index (κ2) is 9.30. The molecule has 0 aromatic heterocycles. The Morgan fingerprint density at radius 2 is 1.90 bits per heavy atom. The Labute approximate surface area is 183 Å². The summed E-state index contributed by atoms with van der Waals surface area (Å²) in [7, 11) is 1.53. The predicted molar refractivity (Wildman–Crippen MR) is 117 cm³/mol. The molecule has 7 nitrogen and oxygen atoms in total. The number of hydrogen-bond acceptors (Lipinski definition) is 5. The molecule has 0 radical (unpaired) electrons. The van der Waals surface area contributed by atoms with Gasteiger partial charge < -0.3 is 19.7 Å². The molecule has 1 heterocycles. The molecule has 1 atom stereocenters. The molecule has 30 heavy (non-hydrogen) atoms. The van der Waals surface area contributed by atoms with Crippen molar-refractivity contribution in [2.75, 3.05) is 30.5 Å². The Bertz CT molecular complexity index is 991. The standard InChI is InChI=1S/C22H23BrN2O5/c1-13-14(2)17(9-8-16(13)23)24-20(26)12-30-22(28)15-10-21(27)25(11-15)18-6-4-5-7-19(18)29-3/h4-9,15H,10-12H2,1-3H3,(H,24,26)/t15-/m0/s1. The van der Waals surface area contributed by atoms with Gasteiger partial charge in [-0.15, -0.1) is 0 Å². The summed E-state index contributed by atoms with van der Waals surface area (Å²) in [6.07, 6.45) is 0.0313. The fourth-order valence-electron chi connectivity index (χ4n) is 3.31. The average molecular weight is 475 g/mol. The van der Waals surface area contributed by atoms with E-state index in [9.17, 15) is 14.4 Å². The van der Waals surface area contributed by atoms with Crippen molar-refractivity contribution in [3.05, 3.63) is 52.0 Å². The highest BCUT2D eigenvalue weighted by atomic mass is 79.9. The van der Waals surface area contributed by atoms with Crippen molar-refractivity contribution in [2.45, 2.75) is 20.3 Å². The molecule has 1 N–H and O–H groups in total. The lowest BCUT2D eigenvalue weighted by molar-refractivity contribution is -0.151. The lowest BCUT2D eigenvalue weighted by Gasteiger charge is -2.19. The van der Waals surface area contributed by atoms with Gasteiger partial charge in [0.2, 0.25) is 5.91 Å². The van der Waals surface area contributed by atoms with Crippen molar-refractivity contribution in [3.8, 4) is 5.75 Å². The SMILES string of the molecule is COc1ccccc1N1C[C@@H](C(=O)OCC(=O)Nc2ccc(Br)c(C)c2C)CC1=O. The summed E-state index contributed by atoms with van der Waals surface area (Å²) < 4.78 is 11.4. The maximum atomic E-state index is 12.4. The van der Waals surface area contributed by atoms with Crippen LogP contribution in [0.15, 0.2) is 40.9 Å². The number of anilines is 2. The number of para-hydroxylation sites is 2. The summed E-state index contributed by atoms with van der Waals surface area (Å²) in [4.78, 5) is 38.6. The molecule has 0 spiro atoms. The third kappa shape index (κ3) is 4.64. The van der Waals surface area contributed by atoms with Gasteiger partial charge in [0.1, 0.15) is 5.75 Å². The zero-order chi connectivity index (χ0) is 21.8. The quantitative estimate of drug-likeness (QED) is 0.646. The van der Waals surface area contributed by atoms with Crippen LogP contribution in [0.4, 0.5) is 11.4 Å². The van der Waals surface area contributed by atoms with E-state index >= 15 is 0 Å². The maximum absolute atomic E-state index is 12.4. The molecule has 0 unspecified atom stereocenters. The van der Waals surface area contributed by atoms with Crippen molar-refractivity contribution in [1.29, 1.82) is 0 Å². The van der Waals surface area contributed by atoms with Gasteiger partial charge in [-0.25, -0.2) is 0 Å². The molecule has 1 fully saturated rings. The van der Waals surface area contributed by atoms with Crippen LogP contribution < -0.4 is 15.0 Å². The van der Waals surface area contributed by atoms with E-state index in [0.29, 0.717) is 17.1 Å². The lowest BCUT2D eigenvalue weighted by atomic mass is 10.1. The summed E-state index contributed by atoms with van der Waals surface area (Å²) in [5.74, 6) is -1.27. The number of nitrogens with one attached hydrogen (secondary N) is 1. The molecule has 1 saturated heterocycles. The fourth-order valence-corrected chi connectivity index (χ4v) is 3.74. The molecular formula is C22H23BrN2O5. The van der Waals surface area contributed by atoms with E-state index in [1.54, 1.807) is 24.3 Å². The van der Waals surface area contributed by atoms with Gasteiger partial charge in [-0.2, -0.15) is 0 Å². The molecule has 0 saturated carbocycles. The van der Waals surface area contributed by atoms with Gasteiger partial charge >= 0.3 is 5.97 Å². The number of hydrogen-bond donors (Lipinski definition) is 1. The van der Waals surface area contributed by atoms with Gasteiger partial charge in [-0.1, -0.05) is 28.1 Å². The first-order valence-electron chi connectivity index (χ1n) is 9.47. The summed E-state index contributed by atoms with van der Waals surface area (Å²) in [5.41, 5.74) is 3.22. The number of halogens is 1. The summed E-state index contributed by atoms with van der Waals surface area (Å²) in [6, 6.07) is 10.8. The van der Waals surface area contributed by atoms with Crippen molar-refractivity contribution in [3.63, 3.8) is 0 Å². The molecule has 158 valence electrons. The van der Waals surface area contributed by atoms with Gasteiger partial charge in [0.15, 0.2) is 6.61 Å². The Morgan fingerprint density at radius 1 is 1.17 bits per heavy atom. The lowest BCUT2D eigenvalue weighted by Crippen LogP contribution is -2.28. The smallest absolute Gasteiger partial charge is 0.311 e. The average Bonchev–Trinajstić information content (AvgIpc) is 3.14. The molecule has 1 aliphatic heterocycles. The molecule has 2 aromatic carbocycles. The van der Waals surface area contributed by atoms with Gasteiger partial charge in [0.25, 0.3) is 5.91 Å². The van der Waals surface area contributed by atoms with E-state index in [-0.39, 0.29) is 18.9 Å². The van der Waals surface area contributed by atoms with Crippen LogP contribution in [0, 0.1) is 19.8 Å². The molecule has 3 rings (SSSR count). The van der Waals surface area contributed by atoms with Gasteiger partial charge in [0, 0.05) is 23.1 Å². The van der Waals surface area contributed by atoms with Gasteiger partial charge in [0.05, 0.1) is 18.7 Å². The highest BCUT2D eigenvalue weighted by Crippen LogP contribution is 2.33. The summed E-state index contributed by atoms with van der Waals surface area (Å²) in [6.45, 7) is 3.62. The Hall–Kier alpha value is -2.87. The Morgan fingerprint density at radius 3 is 2.63 bits per heavy atom. The van der Waals surface area contributed by atoms with E-state index in [2.05, 4.69) is 21.2 Å². The number of rotatable bonds is 6. The molecule has 2 amide bonds. The summed E-state index contributed by atoms with van der Waals surface area (Å²) in [5, 5.41) is 2.75. The van der Waals surface area contributed by atoms with Crippen molar-refractivity contribution < 1.29 is 23.9 Å². The molecule has 0 bridgehead atoms. The zero-order valence-corrected chi connectivity index (χ0v) is 18.6. The van der Waals surface area contributed by atoms with Crippen LogP contribution in [0.25, 0.3) is 0 Å². The highest BCUT2D eigenvalue weighted by molar-refractivity contribution is 9.10. The third-order valence-corrected chi connectivity index (χ3v) is 6.03. The van der Waals surface area contributed by atoms with Crippen molar-refractivity contribution in [2.24, 2.45) is 5.92 Å². The Kier molecular flexibility index (Phi) is 6.77. The van der Waals surface area contributed by atoms with E-state index in [4.69, 9.17) is 9.47 Å². The molecule has 8 heteroatoms. The highest BCUT2D eigenvalue weighted by Gasteiger charge is 2.37. The topological polar surface area (TPSA) is 84.9 Å². The number of carbonyl (C=O) groups excluding carboxylic acids is 3. The van der Waals surface area contributed by atoms with Gasteiger partial charge in [-0.05, 0) is 49.2 Å². The fraction of sp³-hybridized carbons (Fsp3) is 0.318. The molecule has 1 aliphatic rings. The predicted octanol–water partition coefficient (Wildman–Crippen LogP) is 3.61. The first-order valence-corrected chi connectivity index (χ1v) is 10.3. The second-order valence-electron chi connectivity index (χ2n) is 7.08. The zero-order valence-electron chi connectivity index (χ0n) is 17.0. The van der Waals surface area contributed by atoms with Gasteiger partial charge in [-0.3, -0.25) is 14.4 Å². The maximum Gasteiger partial charge on any atom is 0.311 e. The second-order valence-corrected chi connectivity index (χ2v) is 7.93. The number of ether oxygens (including phenoxy) is 2. The minimum atomic E-state index is -0.633. The number of nitrogens with zero attached hydrogens (tertiary/aromatic N) is 1. The number of amides is 2. The minimum absolute atomic E-state index is 0.0313. The van der Waals surface area contributed by atoms with E-state index < -0.39 is 24.4 Å². The normalized spacial score (nSPS) is 15.8. The van der Waals surface area contributed by atoms with Crippen molar-refractivity contribution in [1.82, 2.24) is 0 Å². The minimum Gasteiger partial charge on any atom is -0.495 e. The number of methoxy groups -OCH3 is 1. The number of esters is 1. The molecular weight excluding hydrogens is 452 g/mol. The first-order chi connectivity index (χ1) is 14.3. The molecule has 2 aromatic rings. The van der Waals surface area contributed by atoms with E-state index in [0.717, 1.165) is 15.6 Å². The van der Waals surface area contributed by atoms with E-state index in [1.807, 2.05) is 26.0 Å². The monoisotopic (exact) mass is 474 g/mol. The number of carbonyl (C=O) groups is 3. The van der Waals surface area contributed by atoms with Crippen LogP contribution in [0.1, 0.15) is 17.5 Å². The largest absolute Gasteiger partial charge is 0.495 e. The summed E-state index contributed by atoms with van der Waals surface area (Å²) >= 11 is 3.45.